The Balaban J connectivity index is 2.30. The molecule has 1 N–H and O–H groups in total. The van der Waals surface area contributed by atoms with Crippen LogP contribution in [0.5, 0.6) is 0 Å². The van der Waals surface area contributed by atoms with Crippen LogP contribution in [0.25, 0.3) is 0 Å². The van der Waals surface area contributed by atoms with Crippen LogP contribution in [-0.2, 0) is 4.79 Å². The highest BCUT2D eigenvalue weighted by atomic mass is 35.5. The fourth-order valence-corrected chi connectivity index (χ4v) is 2.38. The number of nitrogens with zero attached hydrogens (tertiary/aromatic N) is 1. The lowest BCUT2D eigenvalue weighted by molar-refractivity contribution is -0.150. The molecule has 1 aromatic heterocycles. The number of piperidine rings is 1. The van der Waals surface area contributed by atoms with Crippen molar-refractivity contribution in [2.45, 2.75) is 31.7 Å². The van der Waals surface area contributed by atoms with E-state index in [9.17, 15) is 14.7 Å². The zero-order valence-electron chi connectivity index (χ0n) is 9.98. The van der Waals surface area contributed by atoms with Gasteiger partial charge in [-0.25, -0.2) is 4.79 Å². The van der Waals surface area contributed by atoms with Crippen molar-refractivity contribution in [3.63, 3.8) is 0 Å². The minimum absolute atomic E-state index is 0.0781. The molecule has 1 amide bonds. The van der Waals surface area contributed by atoms with Gasteiger partial charge >= 0.3 is 5.97 Å². The van der Waals surface area contributed by atoms with E-state index >= 15 is 0 Å². The van der Waals surface area contributed by atoms with Gasteiger partial charge in [0.15, 0.2) is 11.0 Å². The monoisotopic (exact) mass is 271 g/mol. The summed E-state index contributed by atoms with van der Waals surface area (Å²) in [5.74, 6) is -1.34. The molecular formula is C12H14ClNO4. The number of carbonyl (C=O) groups excluding carboxylic acids is 1. The van der Waals surface area contributed by atoms with Gasteiger partial charge in [0, 0.05) is 6.54 Å². The average molecular weight is 272 g/mol. The highest BCUT2D eigenvalue weighted by molar-refractivity contribution is 6.29. The summed E-state index contributed by atoms with van der Waals surface area (Å²) in [6.07, 6.45) is 2.04. The Bertz CT molecular complexity index is 484. The van der Waals surface area contributed by atoms with Gasteiger partial charge < -0.3 is 14.4 Å². The van der Waals surface area contributed by atoms with Gasteiger partial charge in [-0.05, 0) is 49.9 Å². The molecule has 1 aromatic rings. The number of amides is 1. The van der Waals surface area contributed by atoms with Gasteiger partial charge in [0.2, 0.25) is 0 Å². The first-order chi connectivity index (χ1) is 8.45. The molecule has 1 aliphatic rings. The molecule has 98 valence electrons. The number of hydrogen-bond donors (Lipinski definition) is 1. The second kappa shape index (κ2) is 4.65. The van der Waals surface area contributed by atoms with Gasteiger partial charge in [-0.3, -0.25) is 4.79 Å². The van der Waals surface area contributed by atoms with Crippen molar-refractivity contribution in [1.82, 2.24) is 4.90 Å². The van der Waals surface area contributed by atoms with Crippen molar-refractivity contribution in [2.24, 2.45) is 0 Å². The van der Waals surface area contributed by atoms with E-state index in [0.29, 0.717) is 13.0 Å². The average Bonchev–Trinajstić information content (AvgIpc) is 2.75. The highest BCUT2D eigenvalue weighted by Gasteiger charge is 2.44. The van der Waals surface area contributed by atoms with Gasteiger partial charge in [-0.15, -0.1) is 0 Å². The predicted octanol–water partition coefficient (Wildman–Crippen LogP) is 2.40. The van der Waals surface area contributed by atoms with E-state index in [1.54, 1.807) is 6.92 Å². The summed E-state index contributed by atoms with van der Waals surface area (Å²) in [6.45, 7) is 1.98. The van der Waals surface area contributed by atoms with E-state index in [1.807, 2.05) is 0 Å². The Labute approximate surface area is 109 Å². The largest absolute Gasteiger partial charge is 0.480 e. The maximum absolute atomic E-state index is 12.2. The molecule has 0 spiro atoms. The van der Waals surface area contributed by atoms with Crippen LogP contribution in [0.4, 0.5) is 0 Å². The maximum Gasteiger partial charge on any atom is 0.329 e. The predicted molar refractivity (Wildman–Crippen MR) is 64.6 cm³/mol. The van der Waals surface area contributed by atoms with E-state index < -0.39 is 17.4 Å². The molecule has 0 bridgehead atoms. The summed E-state index contributed by atoms with van der Waals surface area (Å²) >= 11 is 5.62. The molecular weight excluding hydrogens is 258 g/mol. The molecule has 5 nitrogen and oxygen atoms in total. The maximum atomic E-state index is 12.2. The quantitative estimate of drug-likeness (QED) is 0.897. The molecule has 1 aliphatic heterocycles. The zero-order valence-corrected chi connectivity index (χ0v) is 10.7. The van der Waals surface area contributed by atoms with E-state index in [1.165, 1.54) is 17.0 Å². The van der Waals surface area contributed by atoms with Crippen LogP contribution in [0.1, 0.15) is 36.7 Å². The number of likely N-dealkylation sites (tertiary alicyclic amines) is 1. The molecule has 0 saturated carbocycles. The van der Waals surface area contributed by atoms with E-state index in [2.05, 4.69) is 0 Å². The minimum atomic E-state index is -1.17. The van der Waals surface area contributed by atoms with Gasteiger partial charge in [0.05, 0.1) is 0 Å². The summed E-state index contributed by atoms with van der Waals surface area (Å²) < 4.78 is 5.05. The first-order valence-electron chi connectivity index (χ1n) is 5.76. The van der Waals surface area contributed by atoms with Crippen molar-refractivity contribution in [3.05, 3.63) is 23.1 Å². The van der Waals surface area contributed by atoms with Crippen molar-refractivity contribution in [2.75, 3.05) is 6.54 Å². The van der Waals surface area contributed by atoms with Crippen molar-refractivity contribution < 1.29 is 19.1 Å². The van der Waals surface area contributed by atoms with Gasteiger partial charge in [0.1, 0.15) is 5.54 Å². The third kappa shape index (κ3) is 2.10. The van der Waals surface area contributed by atoms with Crippen LogP contribution in [0.2, 0.25) is 5.22 Å². The fourth-order valence-electron chi connectivity index (χ4n) is 2.23. The van der Waals surface area contributed by atoms with Gasteiger partial charge in [-0.2, -0.15) is 0 Å². The molecule has 1 atom stereocenters. The van der Waals surface area contributed by atoms with Crippen LogP contribution in [0, 0.1) is 0 Å². The normalized spacial score (nSPS) is 24.0. The standard InChI is InChI=1S/C12H14ClNO4/c1-12(11(16)17)6-2-3-7-14(12)10(15)8-4-5-9(13)18-8/h4-5H,2-3,6-7H2,1H3,(H,16,17). The lowest BCUT2D eigenvalue weighted by Gasteiger charge is -2.41. The van der Waals surface area contributed by atoms with E-state index in [-0.39, 0.29) is 11.0 Å². The molecule has 2 rings (SSSR count). The Hall–Kier alpha value is -1.49. The third-order valence-electron chi connectivity index (χ3n) is 3.38. The molecule has 1 fully saturated rings. The highest BCUT2D eigenvalue weighted by Crippen LogP contribution is 2.30. The lowest BCUT2D eigenvalue weighted by atomic mass is 9.88. The first-order valence-corrected chi connectivity index (χ1v) is 6.13. The number of furan rings is 1. The van der Waals surface area contributed by atoms with E-state index in [0.717, 1.165) is 12.8 Å². The minimum Gasteiger partial charge on any atom is -0.480 e. The van der Waals surface area contributed by atoms with Crippen molar-refractivity contribution in [1.29, 1.82) is 0 Å². The number of halogens is 1. The van der Waals surface area contributed by atoms with Gasteiger partial charge in [-0.1, -0.05) is 0 Å². The second-order valence-electron chi connectivity index (χ2n) is 4.60. The summed E-state index contributed by atoms with van der Waals surface area (Å²) in [7, 11) is 0. The third-order valence-corrected chi connectivity index (χ3v) is 3.58. The number of carbonyl (C=O) groups is 2. The summed E-state index contributed by atoms with van der Waals surface area (Å²) in [6, 6.07) is 2.93. The summed E-state index contributed by atoms with van der Waals surface area (Å²) in [5, 5.41) is 9.44. The summed E-state index contributed by atoms with van der Waals surface area (Å²) in [5.41, 5.74) is -1.17. The number of carboxylic acids is 1. The van der Waals surface area contributed by atoms with Crippen LogP contribution >= 0.6 is 11.6 Å². The topological polar surface area (TPSA) is 70.8 Å². The molecule has 0 aromatic carbocycles. The number of carboxylic acid groups (broad SMARTS) is 1. The first kappa shape index (κ1) is 13.0. The smallest absolute Gasteiger partial charge is 0.329 e. The Morgan fingerprint density at radius 3 is 2.72 bits per heavy atom. The molecule has 6 heteroatoms. The van der Waals surface area contributed by atoms with Crippen LogP contribution in [-0.4, -0.2) is 34.0 Å². The Morgan fingerprint density at radius 1 is 1.44 bits per heavy atom. The molecule has 18 heavy (non-hydrogen) atoms. The Morgan fingerprint density at radius 2 is 2.17 bits per heavy atom. The van der Waals surface area contributed by atoms with Crippen molar-refractivity contribution >= 4 is 23.5 Å². The molecule has 1 saturated heterocycles. The Kier molecular flexibility index (Phi) is 3.34. The molecule has 1 unspecified atom stereocenters. The molecule has 0 aliphatic carbocycles. The second-order valence-corrected chi connectivity index (χ2v) is 4.97. The fraction of sp³-hybridized carbons (Fsp3) is 0.500. The SMILES string of the molecule is CC1(C(=O)O)CCCCN1C(=O)c1ccc(Cl)o1. The lowest BCUT2D eigenvalue weighted by Crippen LogP contribution is -2.57. The number of aliphatic carboxylic acids is 1. The van der Waals surface area contributed by atoms with Crippen LogP contribution < -0.4 is 0 Å². The van der Waals surface area contributed by atoms with Crippen LogP contribution in [0.3, 0.4) is 0 Å². The van der Waals surface area contributed by atoms with Crippen LogP contribution in [0.15, 0.2) is 16.5 Å². The molecule has 2 heterocycles. The number of rotatable bonds is 2. The zero-order chi connectivity index (χ0) is 13.3. The summed E-state index contributed by atoms with van der Waals surface area (Å²) in [4.78, 5) is 25.0. The van der Waals surface area contributed by atoms with Gasteiger partial charge in [0.25, 0.3) is 5.91 Å². The number of hydrogen-bond acceptors (Lipinski definition) is 3. The molecule has 0 radical (unpaired) electrons. The van der Waals surface area contributed by atoms with E-state index in [4.69, 9.17) is 16.0 Å². The van der Waals surface area contributed by atoms with Crippen molar-refractivity contribution in [3.8, 4) is 0 Å².